The van der Waals surface area contributed by atoms with E-state index in [1.165, 1.54) is 29.2 Å². The van der Waals surface area contributed by atoms with Crippen molar-refractivity contribution in [2.75, 3.05) is 19.6 Å². The molecule has 1 aromatic carbocycles. The van der Waals surface area contributed by atoms with E-state index in [0.717, 1.165) is 0 Å². The van der Waals surface area contributed by atoms with Gasteiger partial charge >= 0.3 is 6.09 Å². The zero-order valence-electron chi connectivity index (χ0n) is 9.91. The molecule has 1 amide bonds. The van der Waals surface area contributed by atoms with Gasteiger partial charge in [-0.25, -0.2) is 17.9 Å². The van der Waals surface area contributed by atoms with Gasteiger partial charge in [0.2, 0.25) is 10.0 Å². The number of carboxylic acid groups (broad SMARTS) is 1. The quantitative estimate of drug-likeness (QED) is 0.876. The minimum Gasteiger partial charge on any atom is -0.465 e. The molecular formula is C11H13ClN2O4S. The number of rotatable bonds is 4. The molecule has 8 heteroatoms. The van der Waals surface area contributed by atoms with Crippen LogP contribution < -0.4 is 4.72 Å². The Hall–Kier alpha value is -1.31. The Bertz CT molecular complexity index is 567. The number of carbonyl (C=O) groups is 1. The number of likely N-dealkylation sites (tertiary alicyclic amines) is 1. The maximum Gasteiger partial charge on any atom is 0.407 e. The van der Waals surface area contributed by atoms with Gasteiger partial charge < -0.3 is 10.0 Å². The first kappa shape index (κ1) is 14.1. The smallest absolute Gasteiger partial charge is 0.407 e. The van der Waals surface area contributed by atoms with Crippen LogP contribution in [0, 0.1) is 5.92 Å². The van der Waals surface area contributed by atoms with Crippen molar-refractivity contribution in [1.82, 2.24) is 9.62 Å². The van der Waals surface area contributed by atoms with Crippen LogP contribution in [0.5, 0.6) is 0 Å². The number of sulfonamides is 1. The van der Waals surface area contributed by atoms with Crippen molar-refractivity contribution in [3.05, 3.63) is 29.3 Å². The van der Waals surface area contributed by atoms with E-state index in [-0.39, 0.29) is 17.4 Å². The first-order valence-electron chi connectivity index (χ1n) is 5.61. The van der Waals surface area contributed by atoms with Crippen molar-refractivity contribution in [1.29, 1.82) is 0 Å². The van der Waals surface area contributed by atoms with Crippen molar-refractivity contribution in [2.24, 2.45) is 5.92 Å². The minimum absolute atomic E-state index is 0.0261. The zero-order valence-corrected chi connectivity index (χ0v) is 11.5. The molecule has 2 rings (SSSR count). The molecule has 6 nitrogen and oxygen atoms in total. The second-order valence-electron chi connectivity index (χ2n) is 4.36. The topological polar surface area (TPSA) is 86.7 Å². The van der Waals surface area contributed by atoms with Gasteiger partial charge in [-0.15, -0.1) is 0 Å². The molecule has 0 spiro atoms. The summed E-state index contributed by atoms with van der Waals surface area (Å²) in [5, 5.41) is 9.13. The lowest BCUT2D eigenvalue weighted by Crippen LogP contribution is -2.53. The van der Waals surface area contributed by atoms with Crippen molar-refractivity contribution >= 4 is 27.7 Å². The fourth-order valence-electron chi connectivity index (χ4n) is 1.78. The summed E-state index contributed by atoms with van der Waals surface area (Å²) in [6.45, 7) is 0.950. The highest BCUT2D eigenvalue weighted by atomic mass is 35.5. The van der Waals surface area contributed by atoms with Gasteiger partial charge in [-0.2, -0.15) is 0 Å². The van der Waals surface area contributed by atoms with Gasteiger partial charge in [-0.1, -0.05) is 11.6 Å². The number of halogens is 1. The lowest BCUT2D eigenvalue weighted by atomic mass is 10.0. The Balaban J connectivity index is 1.89. The van der Waals surface area contributed by atoms with Gasteiger partial charge in [-0.3, -0.25) is 0 Å². The van der Waals surface area contributed by atoms with E-state index < -0.39 is 16.1 Å². The minimum atomic E-state index is -3.56. The zero-order chi connectivity index (χ0) is 14.0. The average molecular weight is 305 g/mol. The molecule has 1 aliphatic heterocycles. The summed E-state index contributed by atoms with van der Waals surface area (Å²) in [7, 11) is -3.56. The first-order valence-corrected chi connectivity index (χ1v) is 7.48. The Morgan fingerprint density at radius 3 is 2.47 bits per heavy atom. The SMILES string of the molecule is O=C(O)N1CC(CNS(=O)(=O)c2ccc(Cl)cc2)C1. The second-order valence-corrected chi connectivity index (χ2v) is 6.56. The van der Waals surface area contributed by atoms with Gasteiger partial charge in [0.15, 0.2) is 0 Å². The van der Waals surface area contributed by atoms with Crippen LogP contribution in [0.25, 0.3) is 0 Å². The summed E-state index contributed by atoms with van der Waals surface area (Å²) in [5.74, 6) is 0.0261. The molecule has 0 radical (unpaired) electrons. The maximum atomic E-state index is 11.9. The first-order chi connectivity index (χ1) is 8.88. The van der Waals surface area contributed by atoms with Crippen LogP contribution >= 0.6 is 11.6 Å². The van der Waals surface area contributed by atoms with Crippen molar-refractivity contribution < 1.29 is 18.3 Å². The molecule has 0 bridgehead atoms. The predicted molar refractivity (Wildman–Crippen MR) is 69.7 cm³/mol. The van der Waals surface area contributed by atoms with E-state index in [1.807, 2.05) is 0 Å². The Morgan fingerprint density at radius 2 is 1.95 bits per heavy atom. The van der Waals surface area contributed by atoms with Crippen LogP contribution in [0.15, 0.2) is 29.2 Å². The van der Waals surface area contributed by atoms with Crippen molar-refractivity contribution in [2.45, 2.75) is 4.90 Å². The number of nitrogens with one attached hydrogen (secondary N) is 1. The molecule has 1 aromatic rings. The van der Waals surface area contributed by atoms with Crippen LogP contribution in [0.4, 0.5) is 4.79 Å². The normalized spacial score (nSPS) is 16.2. The molecule has 104 valence electrons. The maximum absolute atomic E-state index is 11.9. The van der Waals surface area contributed by atoms with Crippen LogP contribution in [0.1, 0.15) is 0 Å². The molecule has 0 aromatic heterocycles. The highest BCUT2D eigenvalue weighted by molar-refractivity contribution is 7.89. The van der Waals surface area contributed by atoms with Gasteiger partial charge in [0.25, 0.3) is 0 Å². The van der Waals surface area contributed by atoms with E-state index in [4.69, 9.17) is 16.7 Å². The summed E-state index contributed by atoms with van der Waals surface area (Å²) in [5.41, 5.74) is 0. The molecule has 1 saturated heterocycles. The highest BCUT2D eigenvalue weighted by Crippen LogP contribution is 2.17. The summed E-state index contributed by atoms with van der Waals surface area (Å²) in [4.78, 5) is 11.9. The molecular weight excluding hydrogens is 292 g/mol. The Morgan fingerprint density at radius 1 is 1.37 bits per heavy atom. The van der Waals surface area contributed by atoms with Crippen LogP contribution in [0.2, 0.25) is 5.02 Å². The van der Waals surface area contributed by atoms with Crippen molar-refractivity contribution in [3.63, 3.8) is 0 Å². The molecule has 0 unspecified atom stereocenters. The molecule has 1 fully saturated rings. The fourth-order valence-corrected chi connectivity index (χ4v) is 3.02. The van der Waals surface area contributed by atoms with Crippen LogP contribution in [-0.4, -0.2) is 44.2 Å². The number of benzene rings is 1. The molecule has 2 N–H and O–H groups in total. The van der Waals surface area contributed by atoms with Crippen LogP contribution in [0.3, 0.4) is 0 Å². The summed E-state index contributed by atoms with van der Waals surface area (Å²) >= 11 is 5.69. The Kier molecular flexibility index (Phi) is 3.98. The molecule has 0 atom stereocenters. The van der Waals surface area contributed by atoms with E-state index in [2.05, 4.69) is 4.72 Å². The fraction of sp³-hybridized carbons (Fsp3) is 0.364. The second kappa shape index (κ2) is 5.36. The summed E-state index contributed by atoms with van der Waals surface area (Å²) in [6, 6.07) is 5.86. The number of hydrogen-bond donors (Lipinski definition) is 2. The molecule has 0 saturated carbocycles. The van der Waals surface area contributed by atoms with Gasteiger partial charge in [0, 0.05) is 30.6 Å². The Labute approximate surface area is 116 Å². The summed E-state index contributed by atoms with van der Waals surface area (Å²) < 4.78 is 26.3. The highest BCUT2D eigenvalue weighted by Gasteiger charge is 2.31. The largest absolute Gasteiger partial charge is 0.465 e. The molecule has 1 heterocycles. The average Bonchev–Trinajstić information content (AvgIpc) is 2.26. The van der Waals surface area contributed by atoms with Gasteiger partial charge in [0.05, 0.1) is 4.90 Å². The molecule has 19 heavy (non-hydrogen) atoms. The third kappa shape index (κ3) is 3.37. The lowest BCUT2D eigenvalue weighted by molar-refractivity contribution is 0.0837. The monoisotopic (exact) mass is 304 g/mol. The van der Waals surface area contributed by atoms with Crippen LogP contribution in [-0.2, 0) is 10.0 Å². The third-order valence-electron chi connectivity index (χ3n) is 2.91. The number of amides is 1. The predicted octanol–water partition coefficient (Wildman–Crippen LogP) is 1.23. The third-order valence-corrected chi connectivity index (χ3v) is 4.61. The standard InChI is InChI=1S/C11H13ClN2O4S/c12-9-1-3-10(4-2-9)19(17,18)13-5-8-6-14(7-8)11(15)16/h1-4,8,13H,5-7H2,(H,15,16). The number of hydrogen-bond acceptors (Lipinski definition) is 3. The van der Waals surface area contributed by atoms with E-state index in [1.54, 1.807) is 0 Å². The van der Waals surface area contributed by atoms with E-state index in [0.29, 0.717) is 18.1 Å². The van der Waals surface area contributed by atoms with Gasteiger partial charge in [-0.05, 0) is 24.3 Å². The lowest BCUT2D eigenvalue weighted by Gasteiger charge is -2.36. The van der Waals surface area contributed by atoms with Gasteiger partial charge in [0.1, 0.15) is 0 Å². The summed E-state index contributed by atoms with van der Waals surface area (Å²) in [6.07, 6.45) is -0.975. The van der Waals surface area contributed by atoms with Crippen molar-refractivity contribution in [3.8, 4) is 0 Å². The van der Waals surface area contributed by atoms with E-state index >= 15 is 0 Å². The molecule has 1 aliphatic rings. The molecule has 0 aliphatic carbocycles. The number of nitrogens with zero attached hydrogens (tertiary/aromatic N) is 1. The van der Waals surface area contributed by atoms with E-state index in [9.17, 15) is 13.2 Å².